The number of thiazole rings is 1. The van der Waals surface area contributed by atoms with Gasteiger partial charge in [0.25, 0.3) is 0 Å². The Morgan fingerprint density at radius 1 is 1.65 bits per heavy atom. The van der Waals surface area contributed by atoms with E-state index in [0.717, 1.165) is 24.3 Å². The summed E-state index contributed by atoms with van der Waals surface area (Å²) in [6.45, 7) is 4.64. The summed E-state index contributed by atoms with van der Waals surface area (Å²) in [7, 11) is 0. The number of hydrogen-bond acceptors (Lipinski definition) is 4. The molecule has 5 heteroatoms. The maximum Gasteiger partial charge on any atom is 0.223 e. The summed E-state index contributed by atoms with van der Waals surface area (Å²) in [5.74, 6) is 0.119. The van der Waals surface area contributed by atoms with Crippen LogP contribution in [0.25, 0.3) is 0 Å². The van der Waals surface area contributed by atoms with Crippen LogP contribution in [0, 0.1) is 5.92 Å². The van der Waals surface area contributed by atoms with Crippen molar-refractivity contribution in [2.75, 3.05) is 6.54 Å². The minimum absolute atomic E-state index is 0.0209. The molecule has 2 atom stereocenters. The molecule has 3 N–H and O–H groups in total. The molecule has 0 bridgehead atoms. The molecule has 1 amide bonds. The first-order valence-corrected chi connectivity index (χ1v) is 6.96. The van der Waals surface area contributed by atoms with Gasteiger partial charge < -0.3 is 11.1 Å². The zero-order chi connectivity index (χ0) is 12.7. The Labute approximate surface area is 107 Å². The summed E-state index contributed by atoms with van der Waals surface area (Å²) in [6.07, 6.45) is 4.37. The third-order valence-electron chi connectivity index (χ3n) is 2.76. The average Bonchev–Trinajstić information content (AvgIpc) is 2.86. The molecule has 1 heterocycles. The summed E-state index contributed by atoms with van der Waals surface area (Å²) in [4.78, 5) is 16.2. The van der Waals surface area contributed by atoms with Gasteiger partial charge in [0.15, 0.2) is 0 Å². The molecule has 17 heavy (non-hydrogen) atoms. The molecule has 2 unspecified atom stereocenters. The lowest BCUT2D eigenvalue weighted by Gasteiger charge is -2.17. The number of rotatable bonds is 7. The minimum atomic E-state index is 0.0209. The third-order valence-corrected chi connectivity index (χ3v) is 3.65. The van der Waals surface area contributed by atoms with Crippen LogP contribution >= 0.6 is 11.3 Å². The van der Waals surface area contributed by atoms with Gasteiger partial charge in [-0.1, -0.05) is 13.8 Å². The third kappa shape index (κ3) is 4.44. The Bertz CT molecular complexity index is 327. The first-order valence-electron chi connectivity index (χ1n) is 6.08. The number of aromatic nitrogens is 1. The molecular formula is C12H21N3OS. The van der Waals surface area contributed by atoms with E-state index in [4.69, 9.17) is 5.73 Å². The van der Waals surface area contributed by atoms with Crippen molar-refractivity contribution in [3.05, 3.63) is 16.6 Å². The minimum Gasteiger partial charge on any atom is -0.347 e. The highest BCUT2D eigenvalue weighted by Gasteiger charge is 2.18. The van der Waals surface area contributed by atoms with Crippen molar-refractivity contribution in [1.29, 1.82) is 0 Å². The number of nitrogens with zero attached hydrogens (tertiary/aromatic N) is 1. The molecule has 0 aliphatic carbocycles. The molecule has 0 saturated heterocycles. The van der Waals surface area contributed by atoms with E-state index in [1.807, 2.05) is 12.3 Å². The molecule has 1 aromatic heterocycles. The molecule has 1 aromatic rings. The van der Waals surface area contributed by atoms with Crippen molar-refractivity contribution >= 4 is 17.2 Å². The van der Waals surface area contributed by atoms with Gasteiger partial charge in [-0.25, -0.2) is 4.98 Å². The smallest absolute Gasteiger partial charge is 0.223 e. The van der Waals surface area contributed by atoms with Gasteiger partial charge in [0, 0.05) is 17.5 Å². The molecule has 96 valence electrons. The molecular weight excluding hydrogens is 234 g/mol. The van der Waals surface area contributed by atoms with Crippen molar-refractivity contribution in [2.45, 2.75) is 39.2 Å². The average molecular weight is 255 g/mol. The highest BCUT2D eigenvalue weighted by atomic mass is 32.1. The van der Waals surface area contributed by atoms with Gasteiger partial charge in [-0.15, -0.1) is 11.3 Å². The summed E-state index contributed by atoms with van der Waals surface area (Å²) in [5, 5.41) is 5.96. The number of amides is 1. The van der Waals surface area contributed by atoms with Crippen molar-refractivity contribution < 1.29 is 4.79 Å². The summed E-state index contributed by atoms with van der Waals surface area (Å²) >= 11 is 1.58. The molecule has 0 spiro atoms. The SMILES string of the molecule is CCC(NC(=O)C(C)CCCN)c1nccs1. The van der Waals surface area contributed by atoms with Gasteiger partial charge >= 0.3 is 0 Å². The summed E-state index contributed by atoms with van der Waals surface area (Å²) in [5.41, 5.74) is 5.44. The molecule has 0 saturated carbocycles. The zero-order valence-electron chi connectivity index (χ0n) is 10.5. The van der Waals surface area contributed by atoms with Crippen molar-refractivity contribution in [2.24, 2.45) is 11.7 Å². The van der Waals surface area contributed by atoms with E-state index in [0.29, 0.717) is 6.54 Å². The van der Waals surface area contributed by atoms with Crippen LogP contribution in [-0.4, -0.2) is 17.4 Å². The maximum absolute atomic E-state index is 11.9. The summed E-state index contributed by atoms with van der Waals surface area (Å²) in [6, 6.07) is 0.0443. The normalized spacial score (nSPS) is 14.3. The lowest BCUT2D eigenvalue weighted by Crippen LogP contribution is -2.32. The van der Waals surface area contributed by atoms with Crippen LogP contribution in [0.5, 0.6) is 0 Å². The van der Waals surface area contributed by atoms with E-state index in [1.54, 1.807) is 17.5 Å². The number of carbonyl (C=O) groups is 1. The second-order valence-electron chi connectivity index (χ2n) is 4.17. The number of nitrogens with one attached hydrogen (secondary N) is 1. The summed E-state index contributed by atoms with van der Waals surface area (Å²) < 4.78 is 0. The largest absolute Gasteiger partial charge is 0.347 e. The Morgan fingerprint density at radius 2 is 2.41 bits per heavy atom. The van der Waals surface area contributed by atoms with Crippen LogP contribution in [-0.2, 0) is 4.79 Å². The standard InChI is InChI=1S/C12H21N3OS/c1-3-10(12-14-7-8-17-12)15-11(16)9(2)5-4-6-13/h7-10H,3-6,13H2,1-2H3,(H,15,16). The van der Waals surface area contributed by atoms with Crippen molar-refractivity contribution in [3.63, 3.8) is 0 Å². The monoisotopic (exact) mass is 255 g/mol. The van der Waals surface area contributed by atoms with Crippen LogP contribution in [0.2, 0.25) is 0 Å². The second kappa shape index (κ2) is 7.40. The maximum atomic E-state index is 11.9. The predicted molar refractivity (Wildman–Crippen MR) is 70.7 cm³/mol. The van der Waals surface area contributed by atoms with E-state index in [9.17, 15) is 4.79 Å². The Hall–Kier alpha value is -0.940. The van der Waals surface area contributed by atoms with Crippen LogP contribution in [0.15, 0.2) is 11.6 Å². The van der Waals surface area contributed by atoms with E-state index in [2.05, 4.69) is 17.2 Å². The Morgan fingerprint density at radius 3 is 2.94 bits per heavy atom. The quantitative estimate of drug-likeness (QED) is 0.784. The van der Waals surface area contributed by atoms with E-state index < -0.39 is 0 Å². The first-order chi connectivity index (χ1) is 8.19. The fraction of sp³-hybridized carbons (Fsp3) is 0.667. The van der Waals surface area contributed by atoms with Gasteiger partial charge in [0.05, 0.1) is 6.04 Å². The van der Waals surface area contributed by atoms with Crippen LogP contribution in [0.4, 0.5) is 0 Å². The van der Waals surface area contributed by atoms with Crippen LogP contribution < -0.4 is 11.1 Å². The highest BCUT2D eigenvalue weighted by molar-refractivity contribution is 7.09. The molecule has 4 nitrogen and oxygen atoms in total. The van der Waals surface area contributed by atoms with E-state index in [1.165, 1.54) is 0 Å². The molecule has 0 aliphatic heterocycles. The second-order valence-corrected chi connectivity index (χ2v) is 5.10. The number of hydrogen-bond donors (Lipinski definition) is 2. The van der Waals surface area contributed by atoms with E-state index in [-0.39, 0.29) is 17.9 Å². The van der Waals surface area contributed by atoms with Gasteiger partial charge in [0.1, 0.15) is 5.01 Å². The molecule has 1 rings (SSSR count). The first kappa shape index (κ1) is 14.1. The highest BCUT2D eigenvalue weighted by Crippen LogP contribution is 2.19. The fourth-order valence-corrected chi connectivity index (χ4v) is 2.39. The topological polar surface area (TPSA) is 68.0 Å². The lowest BCUT2D eigenvalue weighted by molar-refractivity contribution is -0.125. The van der Waals surface area contributed by atoms with Crippen LogP contribution in [0.3, 0.4) is 0 Å². The number of carbonyl (C=O) groups excluding carboxylic acids is 1. The molecule has 0 aromatic carbocycles. The predicted octanol–water partition coefficient (Wildman–Crippen LogP) is 2.09. The van der Waals surface area contributed by atoms with Crippen molar-refractivity contribution in [1.82, 2.24) is 10.3 Å². The molecule has 0 aliphatic rings. The molecule has 0 radical (unpaired) electrons. The van der Waals surface area contributed by atoms with Gasteiger partial charge in [0.2, 0.25) is 5.91 Å². The lowest BCUT2D eigenvalue weighted by atomic mass is 10.0. The zero-order valence-corrected chi connectivity index (χ0v) is 11.3. The van der Waals surface area contributed by atoms with Gasteiger partial charge in [-0.3, -0.25) is 4.79 Å². The Balaban J connectivity index is 2.48. The van der Waals surface area contributed by atoms with Crippen molar-refractivity contribution in [3.8, 4) is 0 Å². The fourth-order valence-electron chi connectivity index (χ4n) is 1.61. The number of nitrogens with two attached hydrogens (primary N) is 1. The molecule has 0 fully saturated rings. The van der Waals surface area contributed by atoms with E-state index >= 15 is 0 Å². The Kier molecular flexibility index (Phi) is 6.15. The van der Waals surface area contributed by atoms with Gasteiger partial charge in [-0.2, -0.15) is 0 Å². The van der Waals surface area contributed by atoms with Crippen LogP contribution in [0.1, 0.15) is 44.2 Å². The van der Waals surface area contributed by atoms with Gasteiger partial charge in [-0.05, 0) is 25.8 Å².